The molecule has 0 saturated carbocycles. The van der Waals surface area contributed by atoms with Crippen molar-refractivity contribution in [2.75, 3.05) is 13.1 Å². The first-order valence-corrected chi connectivity index (χ1v) is 10.6. The molecule has 0 spiro atoms. The van der Waals surface area contributed by atoms with Gasteiger partial charge in [-0.05, 0) is 55.6 Å². The zero-order valence-corrected chi connectivity index (χ0v) is 16.3. The number of nitrogens with two attached hydrogens (primary N) is 1. The molecule has 0 radical (unpaired) electrons. The Morgan fingerprint density at radius 3 is 2.30 bits per heavy atom. The fourth-order valence-corrected chi connectivity index (χ4v) is 3.27. The van der Waals surface area contributed by atoms with Gasteiger partial charge in [0.25, 0.3) is 5.91 Å². The number of carbonyl (C=O) groups is 1. The number of sulfonamides is 1. The molecule has 4 N–H and O–H groups in total. The van der Waals surface area contributed by atoms with Crippen molar-refractivity contribution in [1.29, 1.82) is 0 Å². The monoisotopic (exact) mass is 389 g/mol. The van der Waals surface area contributed by atoms with Crippen molar-refractivity contribution in [2.24, 2.45) is 5.14 Å². The summed E-state index contributed by atoms with van der Waals surface area (Å²) in [6.07, 6.45) is 2.84. The molecule has 2 aromatic rings. The van der Waals surface area contributed by atoms with E-state index in [2.05, 4.69) is 29.7 Å². The molecule has 6 nitrogen and oxygen atoms in total. The molecular formula is C20H27N3O3S. The molecule has 146 valence electrons. The SMILES string of the molecule is CCC(Cc1ccccc1)NCCCNC(=O)c1ccc(S(N)(=O)=O)cc1. The van der Waals surface area contributed by atoms with Crippen LogP contribution in [0.15, 0.2) is 59.5 Å². The van der Waals surface area contributed by atoms with Crippen LogP contribution in [0.3, 0.4) is 0 Å². The van der Waals surface area contributed by atoms with Gasteiger partial charge in [0, 0.05) is 18.2 Å². The molecule has 0 heterocycles. The Morgan fingerprint density at radius 1 is 1.04 bits per heavy atom. The summed E-state index contributed by atoms with van der Waals surface area (Å²) in [5.74, 6) is -0.229. The Bertz CT molecular complexity index is 821. The molecular weight excluding hydrogens is 362 g/mol. The van der Waals surface area contributed by atoms with Crippen LogP contribution in [0.2, 0.25) is 0 Å². The van der Waals surface area contributed by atoms with Crippen LogP contribution < -0.4 is 15.8 Å². The molecule has 0 aliphatic rings. The first-order chi connectivity index (χ1) is 12.9. The van der Waals surface area contributed by atoms with Gasteiger partial charge < -0.3 is 10.6 Å². The normalized spacial score (nSPS) is 12.5. The molecule has 7 heteroatoms. The molecule has 0 aliphatic carbocycles. The van der Waals surface area contributed by atoms with Crippen LogP contribution in [-0.4, -0.2) is 33.5 Å². The van der Waals surface area contributed by atoms with Gasteiger partial charge in [0.1, 0.15) is 0 Å². The van der Waals surface area contributed by atoms with Crippen LogP contribution >= 0.6 is 0 Å². The summed E-state index contributed by atoms with van der Waals surface area (Å²) >= 11 is 0. The van der Waals surface area contributed by atoms with Crippen LogP contribution in [0.5, 0.6) is 0 Å². The van der Waals surface area contributed by atoms with Gasteiger partial charge in [-0.15, -0.1) is 0 Å². The average molecular weight is 390 g/mol. The minimum atomic E-state index is -3.74. The quantitative estimate of drug-likeness (QED) is 0.541. The third kappa shape index (κ3) is 7.13. The number of amides is 1. The highest BCUT2D eigenvalue weighted by Gasteiger charge is 2.10. The summed E-state index contributed by atoms with van der Waals surface area (Å²) in [6, 6.07) is 16.4. The van der Waals surface area contributed by atoms with Gasteiger partial charge in [-0.2, -0.15) is 0 Å². The standard InChI is InChI=1S/C20H27N3O3S/c1-2-18(15-16-7-4-3-5-8-16)22-13-6-14-23-20(24)17-9-11-19(12-10-17)27(21,25)26/h3-5,7-12,18,22H,2,6,13-15H2,1H3,(H,23,24)(H2,21,25,26). The summed E-state index contributed by atoms with van der Waals surface area (Å²) in [4.78, 5) is 12.1. The van der Waals surface area contributed by atoms with Crippen LogP contribution in [0.1, 0.15) is 35.7 Å². The fraction of sp³-hybridized carbons (Fsp3) is 0.350. The zero-order chi connectivity index (χ0) is 19.7. The maximum Gasteiger partial charge on any atom is 0.251 e. The maximum atomic E-state index is 12.1. The molecule has 0 bridgehead atoms. The van der Waals surface area contributed by atoms with E-state index in [1.165, 1.54) is 29.8 Å². The molecule has 27 heavy (non-hydrogen) atoms. The topological polar surface area (TPSA) is 101 Å². The molecule has 1 amide bonds. The van der Waals surface area contributed by atoms with Crippen LogP contribution in [0, 0.1) is 0 Å². The van der Waals surface area contributed by atoms with Crippen molar-refractivity contribution in [3.8, 4) is 0 Å². The van der Waals surface area contributed by atoms with E-state index in [-0.39, 0.29) is 10.8 Å². The number of hydrogen-bond donors (Lipinski definition) is 3. The van der Waals surface area contributed by atoms with Gasteiger partial charge in [-0.25, -0.2) is 13.6 Å². The second-order valence-electron chi connectivity index (χ2n) is 6.43. The maximum absolute atomic E-state index is 12.1. The molecule has 1 unspecified atom stereocenters. The van der Waals surface area contributed by atoms with E-state index < -0.39 is 10.0 Å². The number of rotatable bonds is 10. The van der Waals surface area contributed by atoms with E-state index >= 15 is 0 Å². The highest BCUT2D eigenvalue weighted by atomic mass is 32.2. The zero-order valence-electron chi connectivity index (χ0n) is 15.5. The van der Waals surface area contributed by atoms with Crippen LogP contribution in [0.25, 0.3) is 0 Å². The van der Waals surface area contributed by atoms with Crippen LogP contribution in [0.4, 0.5) is 0 Å². The summed E-state index contributed by atoms with van der Waals surface area (Å²) in [5, 5.41) is 11.4. The third-order valence-corrected chi connectivity index (χ3v) is 5.26. The summed E-state index contributed by atoms with van der Waals surface area (Å²) in [7, 11) is -3.74. The molecule has 1 atom stereocenters. The number of carbonyl (C=O) groups excluding carboxylic acids is 1. The Balaban J connectivity index is 1.70. The Labute approximate surface area is 161 Å². The Kier molecular flexibility index (Phi) is 7.97. The predicted octanol–water partition coefficient (Wildman–Crippen LogP) is 2.06. The van der Waals surface area contributed by atoms with E-state index in [4.69, 9.17) is 5.14 Å². The van der Waals surface area contributed by atoms with E-state index in [0.29, 0.717) is 18.2 Å². The van der Waals surface area contributed by atoms with E-state index in [0.717, 1.165) is 25.8 Å². The van der Waals surface area contributed by atoms with Crippen molar-refractivity contribution in [1.82, 2.24) is 10.6 Å². The smallest absolute Gasteiger partial charge is 0.251 e. The first-order valence-electron chi connectivity index (χ1n) is 9.08. The number of hydrogen-bond acceptors (Lipinski definition) is 4. The van der Waals surface area contributed by atoms with E-state index in [1.807, 2.05) is 18.2 Å². The minimum Gasteiger partial charge on any atom is -0.352 e. The fourth-order valence-electron chi connectivity index (χ4n) is 2.75. The molecule has 0 aromatic heterocycles. The van der Waals surface area contributed by atoms with Gasteiger partial charge in [-0.3, -0.25) is 4.79 Å². The molecule has 0 saturated heterocycles. The van der Waals surface area contributed by atoms with Gasteiger partial charge in [0.2, 0.25) is 10.0 Å². The van der Waals surface area contributed by atoms with Crippen molar-refractivity contribution < 1.29 is 13.2 Å². The summed E-state index contributed by atoms with van der Waals surface area (Å²) in [5.41, 5.74) is 1.72. The predicted molar refractivity (Wildman–Crippen MR) is 107 cm³/mol. The molecule has 0 fully saturated rings. The second-order valence-corrected chi connectivity index (χ2v) is 7.99. The van der Waals surface area contributed by atoms with Gasteiger partial charge >= 0.3 is 0 Å². The van der Waals surface area contributed by atoms with Crippen molar-refractivity contribution >= 4 is 15.9 Å². The highest BCUT2D eigenvalue weighted by Crippen LogP contribution is 2.09. The average Bonchev–Trinajstić information content (AvgIpc) is 2.67. The number of benzene rings is 2. The highest BCUT2D eigenvalue weighted by molar-refractivity contribution is 7.89. The molecule has 2 aromatic carbocycles. The lowest BCUT2D eigenvalue weighted by Crippen LogP contribution is -2.33. The van der Waals surface area contributed by atoms with Crippen molar-refractivity contribution in [2.45, 2.75) is 37.1 Å². The lowest BCUT2D eigenvalue weighted by molar-refractivity contribution is 0.0953. The lowest BCUT2D eigenvalue weighted by atomic mass is 10.0. The summed E-state index contributed by atoms with van der Waals surface area (Å²) < 4.78 is 22.4. The van der Waals surface area contributed by atoms with Crippen molar-refractivity contribution in [3.63, 3.8) is 0 Å². The number of nitrogens with one attached hydrogen (secondary N) is 2. The largest absolute Gasteiger partial charge is 0.352 e. The number of primary sulfonamides is 1. The van der Waals surface area contributed by atoms with E-state index in [9.17, 15) is 13.2 Å². The first kappa shape index (κ1) is 21.1. The van der Waals surface area contributed by atoms with Crippen LogP contribution in [-0.2, 0) is 16.4 Å². The Morgan fingerprint density at radius 2 is 1.70 bits per heavy atom. The van der Waals surface area contributed by atoms with Gasteiger partial charge in [0.15, 0.2) is 0 Å². The third-order valence-electron chi connectivity index (χ3n) is 4.33. The van der Waals surface area contributed by atoms with Gasteiger partial charge in [-0.1, -0.05) is 37.3 Å². The minimum absolute atomic E-state index is 0.00715. The summed E-state index contributed by atoms with van der Waals surface area (Å²) in [6.45, 7) is 3.52. The molecule has 0 aliphatic heterocycles. The molecule has 2 rings (SSSR count). The lowest BCUT2D eigenvalue weighted by Gasteiger charge is -2.17. The second kappa shape index (κ2) is 10.2. The Hall–Kier alpha value is -2.22. The van der Waals surface area contributed by atoms with Crippen molar-refractivity contribution in [3.05, 3.63) is 65.7 Å². The van der Waals surface area contributed by atoms with E-state index in [1.54, 1.807) is 0 Å². The van der Waals surface area contributed by atoms with Gasteiger partial charge in [0.05, 0.1) is 4.90 Å².